The molecule has 0 aliphatic carbocycles. The minimum Gasteiger partial charge on any atom is -0.357 e. The van der Waals surface area contributed by atoms with E-state index in [1.54, 1.807) is 16.2 Å². The Balaban J connectivity index is 1.60. The molecule has 31 heavy (non-hydrogen) atoms. The summed E-state index contributed by atoms with van der Waals surface area (Å²) >= 11 is 1.74. The number of aliphatic imine (C=N–C) groups is 1. The molecule has 1 unspecified atom stereocenters. The zero-order chi connectivity index (χ0) is 22.2. The number of hydrogen-bond donors (Lipinski definition) is 2. The molecule has 1 aliphatic heterocycles. The molecule has 2 N–H and O–H groups in total. The molecule has 3 rings (SSSR count). The lowest BCUT2D eigenvalue weighted by Gasteiger charge is -2.33. The van der Waals surface area contributed by atoms with E-state index in [0.29, 0.717) is 12.0 Å². The largest absolute Gasteiger partial charge is 0.357 e. The molecule has 2 aromatic rings. The monoisotopic (exact) mass is 449 g/mol. The van der Waals surface area contributed by atoms with Crippen LogP contribution < -0.4 is 10.6 Å². The summed E-state index contributed by atoms with van der Waals surface area (Å²) in [6.45, 7) is 6.08. The average molecular weight is 450 g/mol. The quantitative estimate of drug-likeness (QED) is 0.475. The van der Waals surface area contributed by atoms with E-state index in [-0.39, 0.29) is 12.1 Å². The summed E-state index contributed by atoms with van der Waals surface area (Å²) in [4.78, 5) is 8.96. The second kappa shape index (κ2) is 11.5. The first kappa shape index (κ1) is 23.6. The second-order valence-electron chi connectivity index (χ2n) is 8.16. The predicted octanol–water partition coefficient (Wildman–Crippen LogP) is 3.85. The highest BCUT2D eigenvalue weighted by atomic mass is 32.1. The third-order valence-electron chi connectivity index (χ3n) is 5.64. The van der Waals surface area contributed by atoms with Crippen molar-refractivity contribution in [1.29, 1.82) is 0 Å². The van der Waals surface area contributed by atoms with Gasteiger partial charge in [-0.2, -0.15) is 11.3 Å². The molecule has 1 aromatic carbocycles. The van der Waals surface area contributed by atoms with Gasteiger partial charge in [-0.1, -0.05) is 6.07 Å². The van der Waals surface area contributed by atoms with Gasteiger partial charge in [0.2, 0.25) is 0 Å². The maximum atomic E-state index is 14.3. The van der Waals surface area contributed by atoms with E-state index in [4.69, 9.17) is 0 Å². The van der Waals surface area contributed by atoms with Crippen LogP contribution in [0.4, 0.5) is 8.78 Å². The zero-order valence-electron chi connectivity index (χ0n) is 18.6. The highest BCUT2D eigenvalue weighted by Gasteiger charge is 2.23. The molecule has 0 saturated carbocycles. The van der Waals surface area contributed by atoms with Gasteiger partial charge >= 0.3 is 0 Å². The summed E-state index contributed by atoms with van der Waals surface area (Å²) in [5.41, 5.74) is 1.44. The van der Waals surface area contributed by atoms with Crippen LogP contribution in [0.5, 0.6) is 0 Å². The van der Waals surface area contributed by atoms with E-state index in [2.05, 4.69) is 37.4 Å². The number of nitrogens with zero attached hydrogens (tertiary/aromatic N) is 3. The minimum atomic E-state index is -0.537. The van der Waals surface area contributed by atoms with Gasteiger partial charge in [0.05, 0.1) is 12.6 Å². The smallest absolute Gasteiger partial charge is 0.191 e. The standard InChI is InChI=1S/C23H33F2N5S/c1-4-26-23(27-14-21(29(2)3)22-19(24)6-5-7-20(22)25)28-18-8-11-30(12-9-18)15-17-10-13-31-16-17/h5-7,10,13,16,18,21H,4,8-9,11-12,14-15H2,1-3H3,(H2,26,27,28). The molecule has 1 atom stereocenters. The number of halogens is 2. The number of nitrogens with one attached hydrogen (secondary N) is 2. The maximum Gasteiger partial charge on any atom is 0.191 e. The van der Waals surface area contributed by atoms with Crippen molar-refractivity contribution in [2.24, 2.45) is 4.99 Å². The van der Waals surface area contributed by atoms with E-state index >= 15 is 0 Å². The summed E-state index contributed by atoms with van der Waals surface area (Å²) in [7, 11) is 3.63. The third-order valence-corrected chi connectivity index (χ3v) is 6.37. The molecule has 1 saturated heterocycles. The van der Waals surface area contributed by atoms with E-state index in [0.717, 1.165) is 39.0 Å². The number of hydrogen-bond acceptors (Lipinski definition) is 4. The van der Waals surface area contributed by atoms with E-state index in [9.17, 15) is 8.78 Å². The van der Waals surface area contributed by atoms with Crippen molar-refractivity contribution in [1.82, 2.24) is 20.4 Å². The molecule has 1 fully saturated rings. The van der Waals surface area contributed by atoms with Crippen molar-refractivity contribution in [2.75, 3.05) is 40.3 Å². The first-order chi connectivity index (χ1) is 15.0. The number of rotatable bonds is 8. The molecule has 170 valence electrons. The fourth-order valence-corrected chi connectivity index (χ4v) is 4.57. The van der Waals surface area contributed by atoms with Gasteiger partial charge in [-0.25, -0.2) is 8.78 Å². The van der Waals surface area contributed by atoms with Crippen LogP contribution in [0.3, 0.4) is 0 Å². The third kappa shape index (κ3) is 6.72. The molecule has 2 heterocycles. The average Bonchev–Trinajstić information content (AvgIpc) is 3.24. The lowest BCUT2D eigenvalue weighted by Crippen LogP contribution is -2.48. The molecule has 1 aliphatic rings. The van der Waals surface area contributed by atoms with Crippen molar-refractivity contribution in [3.05, 3.63) is 57.8 Å². The zero-order valence-corrected chi connectivity index (χ0v) is 19.4. The van der Waals surface area contributed by atoms with Crippen molar-refractivity contribution in [3.8, 4) is 0 Å². The van der Waals surface area contributed by atoms with Crippen LogP contribution in [-0.4, -0.2) is 62.1 Å². The topological polar surface area (TPSA) is 42.9 Å². The van der Waals surface area contributed by atoms with Gasteiger partial charge in [0.25, 0.3) is 0 Å². The molecule has 5 nitrogen and oxygen atoms in total. The van der Waals surface area contributed by atoms with Gasteiger partial charge in [0.1, 0.15) is 11.6 Å². The van der Waals surface area contributed by atoms with Gasteiger partial charge in [-0.15, -0.1) is 0 Å². The van der Waals surface area contributed by atoms with Crippen molar-refractivity contribution < 1.29 is 8.78 Å². The maximum absolute atomic E-state index is 14.3. The Bertz CT molecular complexity index is 812. The first-order valence-electron chi connectivity index (χ1n) is 10.9. The van der Waals surface area contributed by atoms with Crippen LogP contribution in [0, 0.1) is 11.6 Å². The lowest BCUT2D eigenvalue weighted by atomic mass is 10.0. The number of guanidine groups is 1. The number of likely N-dealkylation sites (N-methyl/N-ethyl adjacent to an activating group) is 1. The van der Waals surface area contributed by atoms with Gasteiger partial charge < -0.3 is 15.5 Å². The first-order valence-corrected chi connectivity index (χ1v) is 11.8. The van der Waals surface area contributed by atoms with Crippen LogP contribution in [0.1, 0.15) is 36.9 Å². The second-order valence-corrected chi connectivity index (χ2v) is 8.94. The molecule has 8 heteroatoms. The van der Waals surface area contributed by atoms with Crippen LogP contribution >= 0.6 is 11.3 Å². The van der Waals surface area contributed by atoms with Gasteiger partial charge in [0.15, 0.2) is 5.96 Å². The Morgan fingerprint density at radius 1 is 1.23 bits per heavy atom. The van der Waals surface area contributed by atoms with Crippen molar-refractivity contribution in [3.63, 3.8) is 0 Å². The van der Waals surface area contributed by atoms with Crippen LogP contribution in [-0.2, 0) is 6.54 Å². The van der Waals surface area contributed by atoms with Crippen LogP contribution in [0.2, 0.25) is 0 Å². The number of likely N-dealkylation sites (tertiary alicyclic amines) is 1. The SMILES string of the molecule is CCNC(=NCC(c1c(F)cccc1F)N(C)C)NC1CCN(Cc2ccsc2)CC1. The summed E-state index contributed by atoms with van der Waals surface area (Å²) in [5.74, 6) is -0.378. The highest BCUT2D eigenvalue weighted by molar-refractivity contribution is 7.07. The Morgan fingerprint density at radius 3 is 2.52 bits per heavy atom. The highest BCUT2D eigenvalue weighted by Crippen LogP contribution is 2.25. The van der Waals surface area contributed by atoms with E-state index < -0.39 is 17.7 Å². The molecule has 0 amide bonds. The molecular formula is C23H33F2N5S. The minimum absolute atomic E-state index is 0.0637. The van der Waals surface area contributed by atoms with Gasteiger partial charge in [-0.05, 0) is 68.4 Å². The Morgan fingerprint density at radius 2 is 1.94 bits per heavy atom. The normalized spacial score (nSPS) is 17.2. The summed E-state index contributed by atoms with van der Waals surface area (Å²) < 4.78 is 28.7. The van der Waals surface area contributed by atoms with Gasteiger partial charge in [-0.3, -0.25) is 9.89 Å². The number of piperidine rings is 1. The van der Waals surface area contributed by atoms with E-state index in [1.807, 2.05) is 21.0 Å². The molecule has 0 bridgehead atoms. The Hall–Kier alpha value is -2.03. The lowest BCUT2D eigenvalue weighted by molar-refractivity contribution is 0.198. The van der Waals surface area contributed by atoms with Gasteiger partial charge in [0, 0.05) is 37.8 Å². The predicted molar refractivity (Wildman–Crippen MR) is 125 cm³/mol. The Kier molecular flexibility index (Phi) is 8.80. The molecular weight excluding hydrogens is 416 g/mol. The summed E-state index contributed by atoms with van der Waals surface area (Å²) in [6, 6.07) is 6.02. The van der Waals surface area contributed by atoms with Crippen molar-refractivity contribution >= 4 is 17.3 Å². The molecule has 0 spiro atoms. The number of benzene rings is 1. The molecule has 1 aromatic heterocycles. The summed E-state index contributed by atoms with van der Waals surface area (Å²) in [6.07, 6.45) is 2.07. The summed E-state index contributed by atoms with van der Waals surface area (Å²) in [5, 5.41) is 11.1. The fourth-order valence-electron chi connectivity index (χ4n) is 3.91. The fraction of sp³-hybridized carbons (Fsp3) is 0.522. The number of thiophene rings is 1. The Labute approximate surface area is 188 Å². The van der Waals surface area contributed by atoms with Crippen molar-refractivity contribution in [2.45, 2.75) is 38.4 Å². The van der Waals surface area contributed by atoms with E-state index in [1.165, 1.54) is 23.8 Å². The van der Waals surface area contributed by atoms with Crippen LogP contribution in [0.15, 0.2) is 40.0 Å². The van der Waals surface area contributed by atoms with Crippen LogP contribution in [0.25, 0.3) is 0 Å². The molecule has 0 radical (unpaired) electrons.